The zero-order valence-corrected chi connectivity index (χ0v) is 16.4. The summed E-state index contributed by atoms with van der Waals surface area (Å²) >= 11 is 0. The fraction of sp³-hybridized carbons (Fsp3) is 0.250. The lowest BCUT2D eigenvalue weighted by Crippen LogP contribution is -2.48. The third kappa shape index (κ3) is 3.43. The lowest BCUT2D eigenvalue weighted by molar-refractivity contribution is -0.129. The fourth-order valence-corrected chi connectivity index (χ4v) is 3.54. The highest BCUT2D eigenvalue weighted by Crippen LogP contribution is 2.27. The van der Waals surface area contributed by atoms with Crippen LogP contribution in [0.2, 0.25) is 0 Å². The Labute approximate surface area is 171 Å². The summed E-state index contributed by atoms with van der Waals surface area (Å²) in [5, 5.41) is 14.1. The lowest BCUT2D eigenvalue weighted by Gasteiger charge is -2.35. The van der Waals surface area contributed by atoms with Gasteiger partial charge in [0.15, 0.2) is 5.82 Å². The molecule has 10 heteroatoms. The topological polar surface area (TPSA) is 116 Å². The molecule has 152 valence electrons. The van der Waals surface area contributed by atoms with E-state index in [9.17, 15) is 4.79 Å². The number of nitrogens with zero attached hydrogens (tertiary/aromatic N) is 6. The van der Waals surface area contributed by atoms with Crippen molar-refractivity contribution in [2.75, 3.05) is 36.4 Å². The molecule has 0 unspecified atom stereocenters. The Bertz CT molecular complexity index is 1160. The van der Waals surface area contributed by atoms with Crippen LogP contribution in [-0.4, -0.2) is 62.3 Å². The van der Waals surface area contributed by atoms with E-state index < -0.39 is 0 Å². The van der Waals surface area contributed by atoms with E-state index in [1.807, 2.05) is 17.0 Å². The third-order valence-corrected chi connectivity index (χ3v) is 5.18. The van der Waals surface area contributed by atoms with E-state index in [-0.39, 0.29) is 5.91 Å². The molecule has 0 atom stereocenters. The number of hydrogen-bond acceptors (Lipinski definition) is 8. The van der Waals surface area contributed by atoms with Crippen molar-refractivity contribution in [1.29, 1.82) is 0 Å². The minimum absolute atomic E-state index is 0.133. The highest BCUT2D eigenvalue weighted by molar-refractivity contribution is 5.88. The van der Waals surface area contributed by atoms with Crippen LogP contribution >= 0.6 is 0 Å². The Kier molecular flexibility index (Phi) is 4.51. The maximum atomic E-state index is 11.5. The number of aromatic nitrogens is 5. The van der Waals surface area contributed by atoms with Crippen molar-refractivity contribution in [2.24, 2.45) is 0 Å². The molecular formula is C20H20N8O2. The fourth-order valence-electron chi connectivity index (χ4n) is 3.54. The molecule has 10 nitrogen and oxygen atoms in total. The number of rotatable bonds is 4. The number of hydrogen-bond donors (Lipinski definition) is 2. The van der Waals surface area contributed by atoms with Crippen molar-refractivity contribution in [2.45, 2.75) is 6.92 Å². The number of fused-ring (bicyclic) bond motifs is 1. The SMILES string of the molecule is CC(=O)N1CCN(c2ccc(Nc3nc(-c4ccno4)nc4cn[nH]c34)cc2)CC1. The van der Waals surface area contributed by atoms with Crippen LogP contribution in [-0.2, 0) is 4.79 Å². The molecule has 1 saturated heterocycles. The molecule has 1 fully saturated rings. The predicted molar refractivity (Wildman–Crippen MR) is 111 cm³/mol. The number of carbonyl (C=O) groups is 1. The second kappa shape index (κ2) is 7.47. The van der Waals surface area contributed by atoms with Gasteiger partial charge in [0, 0.05) is 50.5 Å². The summed E-state index contributed by atoms with van der Waals surface area (Å²) in [5.74, 6) is 1.66. The number of H-pyrrole nitrogens is 1. The number of piperazine rings is 1. The first-order valence-corrected chi connectivity index (χ1v) is 9.67. The van der Waals surface area contributed by atoms with Gasteiger partial charge < -0.3 is 19.6 Å². The van der Waals surface area contributed by atoms with Gasteiger partial charge in [0.2, 0.25) is 17.5 Å². The number of carbonyl (C=O) groups excluding carboxylic acids is 1. The number of benzene rings is 1. The monoisotopic (exact) mass is 404 g/mol. The summed E-state index contributed by atoms with van der Waals surface area (Å²) < 4.78 is 5.19. The van der Waals surface area contributed by atoms with Gasteiger partial charge in [-0.15, -0.1) is 0 Å². The van der Waals surface area contributed by atoms with Gasteiger partial charge in [0.1, 0.15) is 11.0 Å². The smallest absolute Gasteiger partial charge is 0.219 e. The van der Waals surface area contributed by atoms with Crippen molar-refractivity contribution in [3.63, 3.8) is 0 Å². The van der Waals surface area contributed by atoms with Crippen LogP contribution in [0.1, 0.15) is 6.92 Å². The molecule has 0 bridgehead atoms. The minimum Gasteiger partial charge on any atom is -0.368 e. The van der Waals surface area contributed by atoms with Crippen molar-refractivity contribution in [3.8, 4) is 11.6 Å². The van der Waals surface area contributed by atoms with Crippen molar-refractivity contribution in [3.05, 3.63) is 42.7 Å². The van der Waals surface area contributed by atoms with E-state index in [0.29, 0.717) is 28.4 Å². The summed E-state index contributed by atoms with van der Waals surface area (Å²) in [4.78, 5) is 24.7. The van der Waals surface area contributed by atoms with Crippen LogP contribution in [0.25, 0.3) is 22.6 Å². The Balaban J connectivity index is 1.36. The Morgan fingerprint density at radius 1 is 1.10 bits per heavy atom. The standard InChI is InChI=1S/C20H20N8O2/c1-13(29)27-8-10-28(11-9-27)15-4-2-14(3-5-15)23-20-18-16(12-21-26-18)24-19(25-20)17-6-7-22-30-17/h2-7,12H,8-11H2,1H3,(H,21,26)(H,23,24,25). The lowest BCUT2D eigenvalue weighted by atomic mass is 10.2. The molecule has 5 rings (SSSR count). The summed E-state index contributed by atoms with van der Waals surface area (Å²) in [6.45, 7) is 4.77. The summed E-state index contributed by atoms with van der Waals surface area (Å²) in [7, 11) is 0. The molecule has 1 aromatic carbocycles. The van der Waals surface area contributed by atoms with Crippen LogP contribution in [0.3, 0.4) is 0 Å². The van der Waals surface area contributed by atoms with E-state index in [2.05, 4.69) is 47.7 Å². The summed E-state index contributed by atoms with van der Waals surface area (Å²) in [6.07, 6.45) is 3.20. The molecule has 1 aliphatic heterocycles. The largest absolute Gasteiger partial charge is 0.368 e. The van der Waals surface area contributed by atoms with Crippen molar-refractivity contribution in [1.82, 2.24) is 30.2 Å². The van der Waals surface area contributed by atoms with E-state index in [0.717, 1.165) is 37.6 Å². The zero-order valence-electron chi connectivity index (χ0n) is 16.4. The molecule has 30 heavy (non-hydrogen) atoms. The van der Waals surface area contributed by atoms with Crippen molar-refractivity contribution < 1.29 is 9.32 Å². The average Bonchev–Trinajstić information content (AvgIpc) is 3.46. The van der Waals surface area contributed by atoms with Crippen molar-refractivity contribution >= 4 is 34.1 Å². The van der Waals surface area contributed by atoms with Gasteiger partial charge in [-0.3, -0.25) is 9.89 Å². The van der Waals surface area contributed by atoms with E-state index in [1.165, 1.54) is 0 Å². The van der Waals surface area contributed by atoms with Crippen LogP contribution in [0, 0.1) is 0 Å². The molecule has 2 N–H and O–H groups in total. The highest BCUT2D eigenvalue weighted by Gasteiger charge is 2.19. The second-order valence-electron chi connectivity index (χ2n) is 7.07. The first-order valence-electron chi connectivity index (χ1n) is 9.67. The van der Waals surface area contributed by atoms with Crippen LogP contribution in [0.4, 0.5) is 17.2 Å². The van der Waals surface area contributed by atoms with Gasteiger partial charge in [-0.2, -0.15) is 5.10 Å². The van der Waals surface area contributed by atoms with Crippen LogP contribution < -0.4 is 10.2 Å². The molecule has 0 radical (unpaired) electrons. The van der Waals surface area contributed by atoms with Gasteiger partial charge in [-0.1, -0.05) is 5.16 Å². The first-order chi connectivity index (χ1) is 14.7. The second-order valence-corrected chi connectivity index (χ2v) is 7.07. The molecule has 1 aliphatic rings. The molecule has 0 saturated carbocycles. The van der Waals surface area contributed by atoms with E-state index in [1.54, 1.807) is 25.4 Å². The van der Waals surface area contributed by atoms with Crippen LogP contribution in [0.15, 0.2) is 47.2 Å². The molecule has 4 aromatic rings. The molecule has 0 spiro atoms. The molecular weight excluding hydrogens is 384 g/mol. The third-order valence-electron chi connectivity index (χ3n) is 5.18. The number of amides is 1. The first kappa shape index (κ1) is 18.1. The number of nitrogens with one attached hydrogen (secondary N) is 2. The molecule has 0 aliphatic carbocycles. The summed E-state index contributed by atoms with van der Waals surface area (Å²) in [6, 6.07) is 9.85. The normalized spacial score (nSPS) is 14.3. The van der Waals surface area contributed by atoms with Gasteiger partial charge in [-0.25, -0.2) is 9.97 Å². The van der Waals surface area contributed by atoms with E-state index >= 15 is 0 Å². The quantitative estimate of drug-likeness (QED) is 0.533. The Morgan fingerprint density at radius 2 is 1.90 bits per heavy atom. The predicted octanol–water partition coefficient (Wildman–Crippen LogP) is 2.42. The Hall–Kier alpha value is -3.95. The minimum atomic E-state index is 0.133. The number of aromatic amines is 1. The molecule has 4 heterocycles. The number of anilines is 3. The van der Waals surface area contributed by atoms with Gasteiger partial charge in [-0.05, 0) is 24.3 Å². The zero-order chi connectivity index (χ0) is 20.5. The average molecular weight is 404 g/mol. The highest BCUT2D eigenvalue weighted by atomic mass is 16.5. The Morgan fingerprint density at radius 3 is 2.60 bits per heavy atom. The molecule has 1 amide bonds. The van der Waals surface area contributed by atoms with Crippen LogP contribution in [0.5, 0.6) is 0 Å². The van der Waals surface area contributed by atoms with Gasteiger partial charge in [0.25, 0.3) is 0 Å². The summed E-state index contributed by atoms with van der Waals surface area (Å²) in [5.41, 5.74) is 3.40. The van der Waals surface area contributed by atoms with Gasteiger partial charge >= 0.3 is 0 Å². The molecule has 3 aromatic heterocycles. The maximum absolute atomic E-state index is 11.5. The van der Waals surface area contributed by atoms with E-state index in [4.69, 9.17) is 4.52 Å². The van der Waals surface area contributed by atoms with Gasteiger partial charge in [0.05, 0.1) is 12.4 Å². The maximum Gasteiger partial charge on any atom is 0.219 e.